The van der Waals surface area contributed by atoms with Crippen LogP contribution in [0.1, 0.15) is 19.4 Å². The minimum atomic E-state index is -0.775. The summed E-state index contributed by atoms with van der Waals surface area (Å²) in [6.07, 6.45) is 3.63. The molecule has 0 atom stereocenters. The fourth-order valence-electron chi connectivity index (χ4n) is 2.11. The van der Waals surface area contributed by atoms with Gasteiger partial charge in [0.15, 0.2) is 0 Å². The van der Waals surface area contributed by atoms with E-state index in [0.29, 0.717) is 19.5 Å². The number of nitrogens with zero attached hydrogens (tertiary/aromatic N) is 2. The quantitative estimate of drug-likeness (QED) is 0.821. The summed E-state index contributed by atoms with van der Waals surface area (Å²) in [5.41, 5.74) is 0.138. The summed E-state index contributed by atoms with van der Waals surface area (Å²) in [5.74, 6) is -0.127. The third-order valence-electron chi connectivity index (χ3n) is 3.26. The molecule has 1 N–H and O–H groups in total. The number of piperazine rings is 1. The van der Waals surface area contributed by atoms with E-state index in [0.717, 1.165) is 5.56 Å². The van der Waals surface area contributed by atoms with E-state index >= 15 is 0 Å². The molecular weight excluding hydrogens is 230 g/mol. The Kier molecular flexibility index (Phi) is 3.32. The molecule has 1 fully saturated rings. The van der Waals surface area contributed by atoms with E-state index < -0.39 is 5.54 Å². The van der Waals surface area contributed by atoms with Gasteiger partial charge in [-0.25, -0.2) is 0 Å². The first-order chi connectivity index (χ1) is 8.51. The van der Waals surface area contributed by atoms with Crippen LogP contribution in [0.5, 0.6) is 0 Å². The highest BCUT2D eigenvalue weighted by Crippen LogP contribution is 2.18. The minimum Gasteiger partial charge on any atom is -0.352 e. The zero-order valence-corrected chi connectivity index (χ0v) is 10.6. The van der Waals surface area contributed by atoms with Crippen LogP contribution < -0.4 is 5.32 Å². The van der Waals surface area contributed by atoms with Gasteiger partial charge in [-0.3, -0.25) is 14.6 Å². The molecule has 5 heteroatoms. The Balaban J connectivity index is 2.11. The molecule has 0 aliphatic carbocycles. The van der Waals surface area contributed by atoms with Crippen LogP contribution in [0, 0.1) is 0 Å². The second kappa shape index (κ2) is 4.76. The van der Waals surface area contributed by atoms with Crippen molar-refractivity contribution < 1.29 is 9.59 Å². The Morgan fingerprint density at radius 2 is 2.11 bits per heavy atom. The maximum atomic E-state index is 12.3. The lowest BCUT2D eigenvalue weighted by Gasteiger charge is -2.41. The van der Waals surface area contributed by atoms with Crippen LogP contribution in [0.25, 0.3) is 0 Å². The number of carbonyl (C=O) groups is 2. The van der Waals surface area contributed by atoms with E-state index in [1.807, 2.05) is 12.1 Å². The van der Waals surface area contributed by atoms with Crippen LogP contribution in [0.2, 0.25) is 0 Å². The first-order valence-electron chi connectivity index (χ1n) is 5.99. The molecule has 1 aromatic heterocycles. The number of nitrogens with one attached hydrogen (secondary N) is 1. The van der Waals surface area contributed by atoms with Crippen LogP contribution in [0.3, 0.4) is 0 Å². The van der Waals surface area contributed by atoms with E-state index in [1.165, 1.54) is 0 Å². The van der Waals surface area contributed by atoms with Crippen LogP contribution in [-0.4, -0.2) is 40.3 Å². The van der Waals surface area contributed by atoms with Crippen molar-refractivity contribution in [2.75, 3.05) is 13.1 Å². The minimum absolute atomic E-state index is 0.0268. The van der Waals surface area contributed by atoms with Crippen molar-refractivity contribution in [1.29, 1.82) is 0 Å². The van der Waals surface area contributed by atoms with E-state index in [2.05, 4.69) is 10.3 Å². The molecule has 2 heterocycles. The smallest absolute Gasteiger partial charge is 0.245 e. The second-order valence-electron chi connectivity index (χ2n) is 4.89. The molecule has 0 unspecified atom stereocenters. The van der Waals surface area contributed by atoms with E-state index in [-0.39, 0.29) is 11.8 Å². The molecule has 0 radical (unpaired) electrons. The summed E-state index contributed by atoms with van der Waals surface area (Å²) < 4.78 is 0. The predicted molar refractivity (Wildman–Crippen MR) is 66.7 cm³/mol. The molecule has 1 aromatic rings. The van der Waals surface area contributed by atoms with Crippen molar-refractivity contribution in [2.45, 2.75) is 25.8 Å². The van der Waals surface area contributed by atoms with E-state index in [1.54, 1.807) is 31.1 Å². The van der Waals surface area contributed by atoms with Gasteiger partial charge in [0.1, 0.15) is 5.54 Å². The van der Waals surface area contributed by atoms with Crippen LogP contribution in [0.15, 0.2) is 24.5 Å². The van der Waals surface area contributed by atoms with Gasteiger partial charge in [0.05, 0.1) is 6.42 Å². The molecule has 96 valence electrons. The molecular formula is C13H17N3O2. The Hall–Kier alpha value is -1.91. The Bertz CT molecular complexity index is 457. The van der Waals surface area contributed by atoms with Gasteiger partial charge in [-0.05, 0) is 31.5 Å². The number of hydrogen-bond donors (Lipinski definition) is 1. The third-order valence-corrected chi connectivity index (χ3v) is 3.26. The maximum absolute atomic E-state index is 12.3. The average molecular weight is 247 g/mol. The summed E-state index contributed by atoms with van der Waals surface area (Å²) in [6.45, 7) is 4.62. The summed E-state index contributed by atoms with van der Waals surface area (Å²) in [4.78, 5) is 29.6. The monoisotopic (exact) mass is 247 g/mol. The van der Waals surface area contributed by atoms with Gasteiger partial charge in [-0.15, -0.1) is 0 Å². The van der Waals surface area contributed by atoms with Crippen LogP contribution in [0.4, 0.5) is 0 Å². The van der Waals surface area contributed by atoms with Gasteiger partial charge < -0.3 is 10.2 Å². The number of carbonyl (C=O) groups excluding carboxylic acids is 2. The van der Waals surface area contributed by atoms with Gasteiger partial charge in [-0.2, -0.15) is 0 Å². The van der Waals surface area contributed by atoms with Crippen molar-refractivity contribution in [3.63, 3.8) is 0 Å². The Labute approximate surface area is 106 Å². The number of hydrogen-bond acceptors (Lipinski definition) is 3. The van der Waals surface area contributed by atoms with Gasteiger partial charge in [-0.1, -0.05) is 0 Å². The molecule has 1 saturated heterocycles. The zero-order valence-electron chi connectivity index (χ0n) is 10.6. The van der Waals surface area contributed by atoms with Gasteiger partial charge in [0.2, 0.25) is 11.8 Å². The van der Waals surface area contributed by atoms with Crippen molar-refractivity contribution >= 4 is 11.8 Å². The van der Waals surface area contributed by atoms with Crippen molar-refractivity contribution in [1.82, 2.24) is 15.2 Å². The highest BCUT2D eigenvalue weighted by atomic mass is 16.2. The second-order valence-corrected chi connectivity index (χ2v) is 4.89. The molecule has 18 heavy (non-hydrogen) atoms. The van der Waals surface area contributed by atoms with Gasteiger partial charge in [0.25, 0.3) is 0 Å². The number of aromatic nitrogens is 1. The molecule has 5 nitrogen and oxygen atoms in total. The first kappa shape index (κ1) is 12.5. The lowest BCUT2D eigenvalue weighted by Crippen LogP contribution is -2.63. The molecule has 2 amide bonds. The Morgan fingerprint density at radius 1 is 1.44 bits per heavy atom. The van der Waals surface area contributed by atoms with Gasteiger partial charge >= 0.3 is 0 Å². The SMILES string of the molecule is CC1(C)C(=O)NCCN1C(=O)Cc1ccncc1. The van der Waals surface area contributed by atoms with Crippen molar-refractivity contribution in [3.05, 3.63) is 30.1 Å². The molecule has 0 saturated carbocycles. The molecule has 0 aromatic carbocycles. The largest absolute Gasteiger partial charge is 0.352 e. The van der Waals surface area contributed by atoms with Crippen molar-refractivity contribution in [3.8, 4) is 0 Å². The Morgan fingerprint density at radius 3 is 2.78 bits per heavy atom. The lowest BCUT2D eigenvalue weighted by atomic mass is 9.98. The highest BCUT2D eigenvalue weighted by Gasteiger charge is 2.40. The maximum Gasteiger partial charge on any atom is 0.245 e. The van der Waals surface area contributed by atoms with Crippen LogP contribution in [-0.2, 0) is 16.0 Å². The normalized spacial score (nSPS) is 18.3. The fourth-order valence-corrected chi connectivity index (χ4v) is 2.11. The molecule has 0 bridgehead atoms. The predicted octanol–water partition coefficient (Wildman–Crippen LogP) is 0.361. The third kappa shape index (κ3) is 2.34. The molecule has 0 spiro atoms. The first-order valence-corrected chi connectivity index (χ1v) is 5.99. The average Bonchev–Trinajstić information content (AvgIpc) is 2.33. The summed E-state index contributed by atoms with van der Waals surface area (Å²) in [6, 6.07) is 3.63. The summed E-state index contributed by atoms with van der Waals surface area (Å²) in [5, 5.41) is 2.78. The van der Waals surface area contributed by atoms with E-state index in [9.17, 15) is 9.59 Å². The molecule has 1 aliphatic rings. The number of rotatable bonds is 2. The lowest BCUT2D eigenvalue weighted by molar-refractivity contribution is -0.148. The standard InChI is InChI=1S/C13H17N3O2/c1-13(2)12(18)15-7-8-16(13)11(17)9-10-3-5-14-6-4-10/h3-6H,7-9H2,1-2H3,(H,15,18). The summed E-state index contributed by atoms with van der Waals surface area (Å²) >= 11 is 0. The van der Waals surface area contributed by atoms with E-state index in [4.69, 9.17) is 0 Å². The van der Waals surface area contributed by atoms with Crippen LogP contribution >= 0.6 is 0 Å². The molecule has 2 rings (SSSR count). The van der Waals surface area contributed by atoms with Gasteiger partial charge in [0, 0.05) is 25.5 Å². The highest BCUT2D eigenvalue weighted by molar-refractivity contribution is 5.92. The zero-order chi connectivity index (χ0) is 13.2. The summed E-state index contributed by atoms with van der Waals surface area (Å²) in [7, 11) is 0. The molecule has 1 aliphatic heterocycles. The number of amides is 2. The fraction of sp³-hybridized carbons (Fsp3) is 0.462. The topological polar surface area (TPSA) is 62.3 Å². The number of pyridine rings is 1. The van der Waals surface area contributed by atoms with Crippen molar-refractivity contribution in [2.24, 2.45) is 0 Å².